The molecule has 6 heteroatoms. The van der Waals surface area contributed by atoms with E-state index >= 15 is 0 Å². The van der Waals surface area contributed by atoms with Crippen LogP contribution in [0.15, 0.2) is 35.3 Å². The molecule has 1 aromatic heterocycles. The van der Waals surface area contributed by atoms with E-state index in [0.717, 1.165) is 0 Å². The summed E-state index contributed by atoms with van der Waals surface area (Å²) in [5, 5.41) is 0. The van der Waals surface area contributed by atoms with Crippen LogP contribution in [-0.4, -0.2) is 15.5 Å². The highest BCUT2D eigenvalue weighted by atomic mass is 16.2. The van der Waals surface area contributed by atoms with E-state index in [1.165, 1.54) is 10.8 Å². The van der Waals surface area contributed by atoms with Crippen molar-refractivity contribution in [2.45, 2.75) is 20.4 Å². The van der Waals surface area contributed by atoms with Crippen LogP contribution in [0.4, 0.5) is 0 Å². The summed E-state index contributed by atoms with van der Waals surface area (Å²) < 4.78 is 1.54. The zero-order valence-corrected chi connectivity index (χ0v) is 10.9. The number of nitrogens with zero attached hydrogens (tertiary/aromatic N) is 2. The molecule has 0 spiro atoms. The molecule has 0 bridgehead atoms. The molecule has 1 amide bonds. The first-order valence-corrected chi connectivity index (χ1v) is 5.91. The molecule has 6 nitrogen and oxygen atoms in total. The summed E-state index contributed by atoms with van der Waals surface area (Å²) in [7, 11) is 0. The number of nitrogens with one attached hydrogen (secondary N) is 1. The van der Waals surface area contributed by atoms with Crippen molar-refractivity contribution < 1.29 is 4.79 Å². The molecule has 2 aromatic rings. The Bertz CT molecular complexity index is 676. The van der Waals surface area contributed by atoms with E-state index in [9.17, 15) is 9.59 Å². The lowest BCUT2D eigenvalue weighted by Crippen LogP contribution is -2.44. The van der Waals surface area contributed by atoms with Gasteiger partial charge in [0.05, 0.1) is 22.6 Å². The first-order chi connectivity index (χ1) is 8.95. The molecular weight excluding hydrogens is 244 g/mol. The number of fused-ring (bicyclic) bond motifs is 1. The first kappa shape index (κ1) is 13.2. The van der Waals surface area contributed by atoms with E-state index in [4.69, 9.17) is 5.84 Å². The maximum atomic E-state index is 12.0. The van der Waals surface area contributed by atoms with E-state index in [-0.39, 0.29) is 18.0 Å². The van der Waals surface area contributed by atoms with Gasteiger partial charge in [-0.2, -0.15) is 0 Å². The fourth-order valence-electron chi connectivity index (χ4n) is 1.94. The molecule has 0 saturated carbocycles. The lowest BCUT2D eigenvalue weighted by atomic mass is 9.92. The number of hydrogen-bond donors (Lipinski definition) is 2. The molecule has 1 aromatic carbocycles. The van der Waals surface area contributed by atoms with Crippen LogP contribution in [0.5, 0.6) is 0 Å². The van der Waals surface area contributed by atoms with Crippen LogP contribution in [0.2, 0.25) is 0 Å². The van der Waals surface area contributed by atoms with Gasteiger partial charge in [0.25, 0.3) is 5.56 Å². The van der Waals surface area contributed by atoms with Crippen LogP contribution in [0.3, 0.4) is 0 Å². The zero-order chi connectivity index (χ0) is 14.0. The first-order valence-electron chi connectivity index (χ1n) is 5.91. The normalized spacial score (nSPS) is 11.5. The van der Waals surface area contributed by atoms with E-state index in [1.54, 1.807) is 19.9 Å². The zero-order valence-electron chi connectivity index (χ0n) is 10.9. The largest absolute Gasteiger partial charge is 0.304 e. The molecular formula is C13H16N4O2. The summed E-state index contributed by atoms with van der Waals surface area (Å²) in [6, 6.07) is 7.30. The number of para-hydroxylation sites is 2. The SMILES string of the molecule is CC(C)(Cn1c(=O)cnc2ccccc21)C(=O)NN. The number of aromatic nitrogens is 2. The van der Waals surface area contributed by atoms with Crippen molar-refractivity contribution in [3.05, 3.63) is 40.8 Å². The number of benzene rings is 1. The van der Waals surface area contributed by atoms with Gasteiger partial charge in [-0.25, -0.2) is 10.8 Å². The molecule has 1 heterocycles. The number of carbonyl (C=O) groups is 1. The molecule has 0 fully saturated rings. The summed E-state index contributed by atoms with van der Waals surface area (Å²) in [5.74, 6) is 4.84. The van der Waals surface area contributed by atoms with Crippen molar-refractivity contribution in [1.82, 2.24) is 15.0 Å². The van der Waals surface area contributed by atoms with Gasteiger partial charge in [0, 0.05) is 6.54 Å². The Hall–Kier alpha value is -2.21. The Balaban J connectivity index is 2.54. The van der Waals surface area contributed by atoms with Crippen molar-refractivity contribution >= 4 is 16.9 Å². The van der Waals surface area contributed by atoms with Gasteiger partial charge in [-0.15, -0.1) is 0 Å². The fraction of sp³-hybridized carbons (Fsp3) is 0.308. The van der Waals surface area contributed by atoms with Gasteiger partial charge < -0.3 is 4.57 Å². The lowest BCUT2D eigenvalue weighted by molar-refractivity contribution is -0.130. The second-order valence-electron chi connectivity index (χ2n) is 5.03. The summed E-state index contributed by atoms with van der Waals surface area (Å²) in [6.45, 7) is 3.70. The smallest absolute Gasteiger partial charge is 0.269 e. The molecule has 0 aliphatic heterocycles. The molecule has 0 radical (unpaired) electrons. The highest BCUT2D eigenvalue weighted by molar-refractivity contribution is 5.81. The molecule has 0 aliphatic carbocycles. The van der Waals surface area contributed by atoms with Crippen molar-refractivity contribution in [1.29, 1.82) is 0 Å². The maximum Gasteiger partial charge on any atom is 0.269 e. The van der Waals surface area contributed by atoms with E-state index in [2.05, 4.69) is 10.4 Å². The predicted octanol–water partition coefficient (Wildman–Crippen LogP) is 0.413. The quantitative estimate of drug-likeness (QED) is 0.475. The Morgan fingerprint density at radius 2 is 2.11 bits per heavy atom. The third kappa shape index (κ3) is 2.48. The number of rotatable bonds is 3. The predicted molar refractivity (Wildman–Crippen MR) is 72.1 cm³/mol. The summed E-state index contributed by atoms with van der Waals surface area (Å²) in [5.41, 5.74) is 2.51. The molecule has 0 atom stereocenters. The molecule has 2 rings (SSSR count). The van der Waals surface area contributed by atoms with Crippen LogP contribution in [0, 0.1) is 5.41 Å². The molecule has 0 unspecified atom stereocenters. The minimum Gasteiger partial charge on any atom is -0.304 e. The van der Waals surface area contributed by atoms with E-state index in [0.29, 0.717) is 11.0 Å². The molecule has 100 valence electrons. The lowest BCUT2D eigenvalue weighted by Gasteiger charge is -2.24. The van der Waals surface area contributed by atoms with Crippen molar-refractivity contribution in [3.8, 4) is 0 Å². The second kappa shape index (κ2) is 4.81. The van der Waals surface area contributed by atoms with Crippen LogP contribution in [0.1, 0.15) is 13.8 Å². The maximum absolute atomic E-state index is 12.0. The van der Waals surface area contributed by atoms with Gasteiger partial charge in [-0.1, -0.05) is 12.1 Å². The Labute approximate surface area is 110 Å². The monoisotopic (exact) mass is 260 g/mol. The van der Waals surface area contributed by atoms with Crippen molar-refractivity contribution in [3.63, 3.8) is 0 Å². The van der Waals surface area contributed by atoms with Crippen molar-refractivity contribution in [2.75, 3.05) is 0 Å². The van der Waals surface area contributed by atoms with Crippen LogP contribution < -0.4 is 16.8 Å². The Morgan fingerprint density at radius 3 is 2.79 bits per heavy atom. The number of hydrazine groups is 1. The van der Waals surface area contributed by atoms with Crippen LogP contribution in [-0.2, 0) is 11.3 Å². The van der Waals surface area contributed by atoms with Gasteiger partial charge in [0.15, 0.2) is 0 Å². The molecule has 19 heavy (non-hydrogen) atoms. The van der Waals surface area contributed by atoms with Gasteiger partial charge in [0.2, 0.25) is 5.91 Å². The van der Waals surface area contributed by atoms with E-state index < -0.39 is 5.41 Å². The minimum absolute atomic E-state index is 0.234. The topological polar surface area (TPSA) is 90.0 Å². The van der Waals surface area contributed by atoms with Crippen molar-refractivity contribution in [2.24, 2.45) is 11.3 Å². The molecule has 0 aliphatic rings. The second-order valence-corrected chi connectivity index (χ2v) is 5.03. The summed E-state index contributed by atoms with van der Waals surface area (Å²) in [4.78, 5) is 27.8. The average molecular weight is 260 g/mol. The Morgan fingerprint density at radius 1 is 1.42 bits per heavy atom. The number of amides is 1. The molecule has 3 N–H and O–H groups in total. The van der Waals surface area contributed by atoms with Gasteiger partial charge >= 0.3 is 0 Å². The standard InChI is InChI=1S/C13H16N4O2/c1-13(2,12(19)16-14)8-17-10-6-4-3-5-9(10)15-7-11(17)18/h3-7H,8,14H2,1-2H3,(H,16,19). The fourth-order valence-corrected chi connectivity index (χ4v) is 1.94. The van der Waals surface area contributed by atoms with Gasteiger partial charge in [-0.3, -0.25) is 15.0 Å². The average Bonchev–Trinajstić information content (AvgIpc) is 2.41. The molecule has 0 saturated heterocycles. The van der Waals surface area contributed by atoms with Gasteiger partial charge in [0.1, 0.15) is 0 Å². The number of hydrogen-bond acceptors (Lipinski definition) is 4. The number of carbonyl (C=O) groups excluding carboxylic acids is 1. The summed E-state index contributed by atoms with van der Waals surface area (Å²) >= 11 is 0. The van der Waals surface area contributed by atoms with Crippen LogP contribution >= 0.6 is 0 Å². The Kier molecular flexibility index (Phi) is 3.35. The third-order valence-corrected chi connectivity index (χ3v) is 3.05. The highest BCUT2D eigenvalue weighted by Gasteiger charge is 2.28. The summed E-state index contributed by atoms with van der Waals surface area (Å²) in [6.07, 6.45) is 1.26. The van der Waals surface area contributed by atoms with Crippen LogP contribution in [0.25, 0.3) is 11.0 Å². The van der Waals surface area contributed by atoms with E-state index in [1.807, 2.05) is 18.2 Å². The minimum atomic E-state index is -0.789. The highest BCUT2D eigenvalue weighted by Crippen LogP contribution is 2.19. The third-order valence-electron chi connectivity index (χ3n) is 3.05. The number of nitrogens with two attached hydrogens (primary N) is 1. The van der Waals surface area contributed by atoms with Gasteiger partial charge in [-0.05, 0) is 26.0 Å².